The third kappa shape index (κ3) is 4.29. The highest BCUT2D eigenvalue weighted by Crippen LogP contribution is 2.43. The lowest BCUT2D eigenvalue weighted by Gasteiger charge is -2.31. The second-order valence-corrected chi connectivity index (χ2v) is 6.50. The molecule has 0 aromatic heterocycles. The molecule has 0 radical (unpaired) electrons. The molecular formula is C17H21F3N2O3. The first kappa shape index (κ1) is 17.7. The molecule has 1 heterocycles. The zero-order valence-electron chi connectivity index (χ0n) is 13.7. The Hall–Kier alpha value is -2.12. The van der Waals surface area contributed by atoms with Gasteiger partial charge in [0.1, 0.15) is 19.8 Å². The van der Waals surface area contributed by atoms with Crippen molar-refractivity contribution in [2.75, 3.05) is 26.3 Å². The van der Waals surface area contributed by atoms with Gasteiger partial charge in [0.25, 0.3) is 0 Å². The molecule has 25 heavy (non-hydrogen) atoms. The Kier molecular flexibility index (Phi) is 4.96. The van der Waals surface area contributed by atoms with E-state index in [2.05, 4.69) is 5.32 Å². The van der Waals surface area contributed by atoms with Gasteiger partial charge in [0.05, 0.1) is 0 Å². The lowest BCUT2D eigenvalue weighted by molar-refractivity contribution is -0.122. The zero-order valence-corrected chi connectivity index (χ0v) is 13.7. The number of carbonyl (C=O) groups is 1. The summed E-state index contributed by atoms with van der Waals surface area (Å²) in [6, 6.07) is 4.93. The molecule has 1 aromatic rings. The van der Waals surface area contributed by atoms with Crippen LogP contribution in [0.15, 0.2) is 18.2 Å². The number of carbonyl (C=O) groups excluding carboxylic acids is 1. The summed E-state index contributed by atoms with van der Waals surface area (Å²) < 4.78 is 47.7. The van der Waals surface area contributed by atoms with Crippen LogP contribution in [-0.2, 0) is 5.41 Å². The van der Waals surface area contributed by atoms with Crippen molar-refractivity contribution in [3.63, 3.8) is 0 Å². The summed E-state index contributed by atoms with van der Waals surface area (Å²) in [6.07, 6.45) is -0.656. The molecule has 3 rings (SSSR count). The van der Waals surface area contributed by atoms with E-state index in [0.29, 0.717) is 24.7 Å². The lowest BCUT2D eigenvalue weighted by atomic mass is 9.78. The molecule has 2 N–H and O–H groups in total. The Balaban J connectivity index is 1.68. The molecule has 138 valence electrons. The van der Waals surface area contributed by atoms with Gasteiger partial charge >= 0.3 is 12.2 Å². The summed E-state index contributed by atoms with van der Waals surface area (Å²) in [7, 11) is 0. The Morgan fingerprint density at radius 1 is 1.08 bits per heavy atom. The second kappa shape index (κ2) is 7.01. The maximum Gasteiger partial charge on any atom is 0.405 e. The number of halogens is 3. The molecule has 1 aliphatic carbocycles. The maximum atomic E-state index is 12.2. The smallest absolute Gasteiger partial charge is 0.405 e. The van der Waals surface area contributed by atoms with E-state index in [4.69, 9.17) is 9.47 Å². The molecular weight excluding hydrogens is 337 g/mol. The molecule has 2 amide bonds. The van der Waals surface area contributed by atoms with Crippen LogP contribution in [0.25, 0.3) is 0 Å². The van der Waals surface area contributed by atoms with Crippen molar-refractivity contribution in [3.8, 4) is 11.5 Å². The number of hydrogen-bond acceptors (Lipinski definition) is 3. The van der Waals surface area contributed by atoms with Crippen LogP contribution in [0.2, 0.25) is 0 Å². The summed E-state index contributed by atoms with van der Waals surface area (Å²) in [4.78, 5) is 11.7. The van der Waals surface area contributed by atoms with E-state index in [1.54, 1.807) is 0 Å². The third-order valence-corrected chi connectivity index (χ3v) is 4.75. The normalized spacial score (nSPS) is 18.7. The van der Waals surface area contributed by atoms with Crippen molar-refractivity contribution >= 4 is 6.03 Å². The van der Waals surface area contributed by atoms with Crippen LogP contribution in [0.4, 0.5) is 18.0 Å². The quantitative estimate of drug-likeness (QED) is 0.869. The highest BCUT2D eigenvalue weighted by atomic mass is 19.4. The number of amides is 2. The Labute approximate surface area is 143 Å². The van der Waals surface area contributed by atoms with Crippen LogP contribution in [0.1, 0.15) is 31.2 Å². The van der Waals surface area contributed by atoms with E-state index in [-0.39, 0.29) is 12.0 Å². The highest BCUT2D eigenvalue weighted by molar-refractivity contribution is 5.74. The number of fused-ring (bicyclic) bond motifs is 1. The molecule has 0 atom stereocenters. The average molecular weight is 358 g/mol. The van der Waals surface area contributed by atoms with Gasteiger partial charge in [-0.25, -0.2) is 4.79 Å². The Morgan fingerprint density at radius 3 is 2.44 bits per heavy atom. The van der Waals surface area contributed by atoms with Crippen molar-refractivity contribution in [2.45, 2.75) is 37.3 Å². The average Bonchev–Trinajstić information content (AvgIpc) is 3.07. The second-order valence-electron chi connectivity index (χ2n) is 6.50. The first-order chi connectivity index (χ1) is 11.9. The fourth-order valence-corrected chi connectivity index (χ4v) is 3.48. The monoisotopic (exact) mass is 358 g/mol. The van der Waals surface area contributed by atoms with Crippen LogP contribution in [0.5, 0.6) is 11.5 Å². The van der Waals surface area contributed by atoms with Crippen molar-refractivity contribution in [1.82, 2.24) is 10.6 Å². The van der Waals surface area contributed by atoms with E-state index in [9.17, 15) is 18.0 Å². The van der Waals surface area contributed by atoms with Crippen molar-refractivity contribution < 1.29 is 27.4 Å². The van der Waals surface area contributed by atoms with Crippen LogP contribution >= 0.6 is 0 Å². The largest absolute Gasteiger partial charge is 0.486 e. The molecule has 0 bridgehead atoms. The molecule has 1 fully saturated rings. The van der Waals surface area contributed by atoms with E-state index in [1.165, 1.54) is 0 Å². The summed E-state index contributed by atoms with van der Waals surface area (Å²) in [6.45, 7) is -0.0494. The van der Waals surface area contributed by atoms with Gasteiger partial charge in [0.2, 0.25) is 0 Å². The standard InChI is InChI=1S/C17H21F3N2O3/c18-17(19,20)11-22-15(23)21-10-16(5-1-2-6-16)12-3-4-13-14(9-12)25-8-7-24-13/h3-4,9H,1-2,5-8,10-11H2,(H2,21,22,23). The number of benzene rings is 1. The summed E-state index contributed by atoms with van der Waals surface area (Å²) in [5, 5.41) is 4.44. The van der Waals surface area contributed by atoms with E-state index in [1.807, 2.05) is 23.5 Å². The van der Waals surface area contributed by atoms with Crippen molar-refractivity contribution in [3.05, 3.63) is 23.8 Å². The fourth-order valence-electron chi connectivity index (χ4n) is 3.48. The minimum atomic E-state index is -4.42. The maximum absolute atomic E-state index is 12.2. The fraction of sp³-hybridized carbons (Fsp3) is 0.588. The molecule has 0 spiro atoms. The van der Waals surface area contributed by atoms with Gasteiger partial charge in [-0.05, 0) is 30.5 Å². The number of ether oxygens (including phenoxy) is 2. The molecule has 0 saturated heterocycles. The molecule has 0 unspecified atom stereocenters. The highest BCUT2D eigenvalue weighted by Gasteiger charge is 2.37. The minimum Gasteiger partial charge on any atom is -0.486 e. The third-order valence-electron chi connectivity index (χ3n) is 4.75. The topological polar surface area (TPSA) is 59.6 Å². The first-order valence-corrected chi connectivity index (χ1v) is 8.37. The van der Waals surface area contributed by atoms with Crippen molar-refractivity contribution in [2.24, 2.45) is 0 Å². The first-order valence-electron chi connectivity index (χ1n) is 8.37. The van der Waals surface area contributed by atoms with Gasteiger partial charge in [-0.15, -0.1) is 0 Å². The van der Waals surface area contributed by atoms with Crippen molar-refractivity contribution in [1.29, 1.82) is 0 Å². The van der Waals surface area contributed by atoms with E-state index in [0.717, 1.165) is 31.2 Å². The van der Waals surface area contributed by atoms with Gasteiger partial charge in [0, 0.05) is 12.0 Å². The predicted octanol–water partition coefficient (Wildman–Crippen LogP) is 3.13. The summed E-state index contributed by atoms with van der Waals surface area (Å²) in [5.41, 5.74) is 0.733. The Morgan fingerprint density at radius 2 is 1.76 bits per heavy atom. The minimum absolute atomic E-state index is 0.286. The summed E-state index contributed by atoms with van der Waals surface area (Å²) in [5.74, 6) is 1.37. The summed E-state index contributed by atoms with van der Waals surface area (Å²) >= 11 is 0. The molecule has 1 aromatic carbocycles. The van der Waals surface area contributed by atoms with Crippen LogP contribution < -0.4 is 20.1 Å². The van der Waals surface area contributed by atoms with Crippen LogP contribution in [-0.4, -0.2) is 38.5 Å². The molecule has 1 aliphatic heterocycles. The van der Waals surface area contributed by atoms with E-state index < -0.39 is 18.8 Å². The van der Waals surface area contributed by atoms with Gasteiger partial charge < -0.3 is 20.1 Å². The van der Waals surface area contributed by atoms with Crippen LogP contribution in [0.3, 0.4) is 0 Å². The van der Waals surface area contributed by atoms with Gasteiger partial charge in [0.15, 0.2) is 11.5 Å². The Bertz CT molecular complexity index is 628. The van der Waals surface area contributed by atoms with E-state index >= 15 is 0 Å². The molecule has 2 aliphatic rings. The number of rotatable bonds is 4. The predicted molar refractivity (Wildman–Crippen MR) is 85.0 cm³/mol. The molecule has 8 heteroatoms. The molecule has 5 nitrogen and oxygen atoms in total. The number of alkyl halides is 3. The van der Waals surface area contributed by atoms with Crippen LogP contribution in [0, 0.1) is 0 Å². The van der Waals surface area contributed by atoms with Gasteiger partial charge in [-0.1, -0.05) is 18.9 Å². The van der Waals surface area contributed by atoms with Gasteiger partial charge in [-0.3, -0.25) is 0 Å². The number of hydrogen-bond donors (Lipinski definition) is 2. The van der Waals surface area contributed by atoms with Gasteiger partial charge in [-0.2, -0.15) is 13.2 Å². The number of urea groups is 1. The zero-order chi connectivity index (χ0) is 17.9. The number of nitrogens with one attached hydrogen (secondary N) is 2. The SMILES string of the molecule is O=C(NCC(F)(F)F)NCC1(c2ccc3c(c2)OCCO3)CCCC1. The molecule has 1 saturated carbocycles. The lowest BCUT2D eigenvalue weighted by Crippen LogP contribution is -2.46.